The summed E-state index contributed by atoms with van der Waals surface area (Å²) in [5.74, 6) is -0.563. The van der Waals surface area contributed by atoms with Crippen molar-refractivity contribution in [3.8, 4) is 0 Å². The summed E-state index contributed by atoms with van der Waals surface area (Å²) in [5, 5.41) is 5.52. The Morgan fingerprint density at radius 3 is 2.48 bits per heavy atom. The molecule has 1 atom stereocenters. The van der Waals surface area contributed by atoms with Crippen LogP contribution in [0.1, 0.15) is 44.6 Å². The van der Waals surface area contributed by atoms with E-state index in [4.69, 9.17) is 4.74 Å². The lowest BCUT2D eigenvalue weighted by Crippen LogP contribution is -2.52. The Labute approximate surface area is 185 Å². The Bertz CT molecular complexity index is 793. The van der Waals surface area contributed by atoms with Gasteiger partial charge < -0.3 is 20.3 Å². The molecule has 0 saturated carbocycles. The molecule has 174 valence electrons. The van der Waals surface area contributed by atoms with Gasteiger partial charge in [0, 0.05) is 25.4 Å². The molecule has 1 saturated heterocycles. The fourth-order valence-corrected chi connectivity index (χ4v) is 4.16. The Morgan fingerprint density at radius 2 is 1.87 bits per heavy atom. The van der Waals surface area contributed by atoms with Gasteiger partial charge in [-0.15, -0.1) is 0 Å². The van der Waals surface area contributed by atoms with Crippen molar-refractivity contribution in [1.29, 1.82) is 0 Å². The van der Waals surface area contributed by atoms with Gasteiger partial charge in [0.2, 0.25) is 5.91 Å². The van der Waals surface area contributed by atoms with Gasteiger partial charge in [-0.2, -0.15) is 0 Å². The molecule has 0 bridgehead atoms. The van der Waals surface area contributed by atoms with E-state index in [1.807, 2.05) is 30.3 Å². The van der Waals surface area contributed by atoms with Crippen molar-refractivity contribution in [2.75, 3.05) is 31.6 Å². The van der Waals surface area contributed by atoms with Crippen LogP contribution in [0.4, 0.5) is 4.79 Å². The van der Waals surface area contributed by atoms with E-state index in [9.17, 15) is 18.0 Å². The summed E-state index contributed by atoms with van der Waals surface area (Å²) in [4.78, 5) is 27.4. The average molecular weight is 454 g/mol. The van der Waals surface area contributed by atoms with Crippen LogP contribution in [0, 0.1) is 0 Å². The Morgan fingerprint density at radius 1 is 1.19 bits per heavy atom. The highest BCUT2D eigenvalue weighted by atomic mass is 32.2. The molecule has 1 heterocycles. The minimum atomic E-state index is -3.27. The van der Waals surface area contributed by atoms with Crippen LogP contribution in [-0.2, 0) is 26.0 Å². The first-order valence-electron chi connectivity index (χ1n) is 10.9. The largest absolute Gasteiger partial charge is 0.445 e. The van der Waals surface area contributed by atoms with Gasteiger partial charge in [-0.25, -0.2) is 13.2 Å². The summed E-state index contributed by atoms with van der Waals surface area (Å²) in [6.07, 6.45) is 4.37. The van der Waals surface area contributed by atoms with Crippen LogP contribution in [0.2, 0.25) is 0 Å². The number of amides is 2. The number of likely N-dealkylation sites (tertiary alicyclic amines) is 1. The molecule has 1 aliphatic heterocycles. The highest BCUT2D eigenvalue weighted by Crippen LogP contribution is 2.12. The fourth-order valence-electron chi connectivity index (χ4n) is 3.49. The molecule has 2 rings (SSSR count). The smallest absolute Gasteiger partial charge is 0.408 e. The number of ether oxygens (including phenoxy) is 1. The Kier molecular flexibility index (Phi) is 10.3. The van der Waals surface area contributed by atoms with Crippen molar-refractivity contribution >= 4 is 21.8 Å². The van der Waals surface area contributed by atoms with E-state index in [1.165, 1.54) is 6.42 Å². The maximum absolute atomic E-state index is 12.8. The monoisotopic (exact) mass is 453 g/mol. The number of carbonyl (C=O) groups is 2. The highest BCUT2D eigenvalue weighted by Gasteiger charge is 2.27. The van der Waals surface area contributed by atoms with Gasteiger partial charge in [0.15, 0.2) is 0 Å². The maximum Gasteiger partial charge on any atom is 0.408 e. The number of nitrogens with one attached hydrogen (secondary N) is 2. The molecule has 1 aliphatic rings. The van der Waals surface area contributed by atoms with Gasteiger partial charge in [0.25, 0.3) is 0 Å². The third kappa shape index (κ3) is 10.1. The number of alkyl carbamates (subject to hydrolysis) is 1. The van der Waals surface area contributed by atoms with E-state index in [0.29, 0.717) is 0 Å². The van der Waals surface area contributed by atoms with Crippen molar-refractivity contribution in [3.05, 3.63) is 35.9 Å². The molecule has 1 unspecified atom stereocenters. The first-order valence-corrected chi connectivity index (χ1v) is 13.0. The molecule has 9 heteroatoms. The summed E-state index contributed by atoms with van der Waals surface area (Å²) in [7, 11) is -3.27. The van der Waals surface area contributed by atoms with E-state index in [2.05, 4.69) is 22.5 Å². The summed E-state index contributed by atoms with van der Waals surface area (Å²) >= 11 is 0. The van der Waals surface area contributed by atoms with Crippen LogP contribution in [0.25, 0.3) is 0 Å². The van der Waals surface area contributed by atoms with Gasteiger partial charge >= 0.3 is 6.09 Å². The molecule has 0 spiro atoms. The molecular weight excluding hydrogens is 418 g/mol. The molecule has 2 N–H and O–H groups in total. The van der Waals surface area contributed by atoms with Crippen LogP contribution in [-0.4, -0.2) is 69.0 Å². The Balaban J connectivity index is 1.87. The van der Waals surface area contributed by atoms with Crippen molar-refractivity contribution in [3.63, 3.8) is 0 Å². The number of benzene rings is 1. The number of carbonyl (C=O) groups excluding carboxylic acids is 2. The predicted molar refractivity (Wildman–Crippen MR) is 120 cm³/mol. The van der Waals surface area contributed by atoms with Crippen molar-refractivity contribution < 1.29 is 22.7 Å². The van der Waals surface area contributed by atoms with Crippen LogP contribution < -0.4 is 10.6 Å². The standard InChI is InChI=1S/C22H35N3O5S/c1-3-4-13-25-14-10-19(11-15-25)23-21(26)20(12-16-31(2,28)29)24-22(27)30-17-18-8-6-5-7-9-18/h5-9,19-20H,3-4,10-17H2,1-2H3,(H,23,26)(H,24,27). The van der Waals surface area contributed by atoms with Gasteiger partial charge in [-0.1, -0.05) is 43.7 Å². The number of unbranched alkanes of at least 4 members (excludes halogenated alkanes) is 1. The lowest BCUT2D eigenvalue weighted by molar-refractivity contribution is -0.124. The number of hydrogen-bond donors (Lipinski definition) is 2. The molecular formula is C22H35N3O5S. The number of hydrogen-bond acceptors (Lipinski definition) is 6. The lowest BCUT2D eigenvalue weighted by atomic mass is 10.0. The SMILES string of the molecule is CCCCN1CCC(NC(=O)C(CCS(C)(=O)=O)NC(=O)OCc2ccccc2)CC1. The minimum absolute atomic E-state index is 0.000445. The molecule has 0 radical (unpaired) electrons. The summed E-state index contributed by atoms with van der Waals surface area (Å²) in [5.41, 5.74) is 0.824. The van der Waals surface area contributed by atoms with Gasteiger partial charge in [0.1, 0.15) is 22.5 Å². The van der Waals surface area contributed by atoms with Gasteiger partial charge in [0.05, 0.1) is 5.75 Å². The van der Waals surface area contributed by atoms with E-state index < -0.39 is 22.0 Å². The van der Waals surface area contributed by atoms with E-state index in [0.717, 1.165) is 50.7 Å². The van der Waals surface area contributed by atoms with Crippen molar-refractivity contribution in [2.24, 2.45) is 0 Å². The molecule has 2 amide bonds. The van der Waals surface area contributed by atoms with Gasteiger partial charge in [-0.3, -0.25) is 4.79 Å². The van der Waals surface area contributed by atoms with Crippen LogP contribution in [0.3, 0.4) is 0 Å². The molecule has 1 aromatic carbocycles. The third-order valence-electron chi connectivity index (χ3n) is 5.36. The maximum atomic E-state index is 12.8. The second kappa shape index (κ2) is 12.7. The minimum Gasteiger partial charge on any atom is -0.445 e. The molecule has 31 heavy (non-hydrogen) atoms. The lowest BCUT2D eigenvalue weighted by Gasteiger charge is -2.33. The van der Waals surface area contributed by atoms with E-state index in [1.54, 1.807) is 0 Å². The summed E-state index contributed by atoms with van der Waals surface area (Å²) < 4.78 is 28.4. The van der Waals surface area contributed by atoms with Crippen LogP contribution >= 0.6 is 0 Å². The summed E-state index contributed by atoms with van der Waals surface area (Å²) in [6, 6.07) is 8.26. The number of sulfone groups is 1. The first-order chi connectivity index (χ1) is 14.8. The third-order valence-corrected chi connectivity index (χ3v) is 6.34. The average Bonchev–Trinajstić information content (AvgIpc) is 2.74. The first kappa shape index (κ1) is 25.1. The zero-order valence-corrected chi connectivity index (χ0v) is 19.3. The topological polar surface area (TPSA) is 105 Å². The zero-order valence-electron chi connectivity index (χ0n) is 18.5. The zero-order chi connectivity index (χ0) is 22.7. The van der Waals surface area contributed by atoms with Crippen molar-refractivity contribution in [2.45, 2.75) is 57.7 Å². The summed E-state index contributed by atoms with van der Waals surface area (Å²) in [6.45, 7) is 5.16. The predicted octanol–water partition coefficient (Wildman–Crippen LogP) is 2.10. The molecule has 8 nitrogen and oxygen atoms in total. The van der Waals surface area contributed by atoms with Crippen LogP contribution in [0.15, 0.2) is 30.3 Å². The van der Waals surface area contributed by atoms with Crippen LogP contribution in [0.5, 0.6) is 0 Å². The van der Waals surface area contributed by atoms with E-state index >= 15 is 0 Å². The molecule has 1 aromatic rings. The number of nitrogens with zero attached hydrogens (tertiary/aromatic N) is 1. The molecule has 0 aliphatic carbocycles. The normalized spacial score (nSPS) is 16.5. The number of piperidine rings is 1. The number of rotatable bonds is 11. The fraction of sp³-hybridized carbons (Fsp3) is 0.636. The quantitative estimate of drug-likeness (QED) is 0.532. The second-order valence-electron chi connectivity index (χ2n) is 8.16. The Hall–Kier alpha value is -2.13. The molecule has 0 aromatic heterocycles. The second-order valence-corrected chi connectivity index (χ2v) is 10.4. The van der Waals surface area contributed by atoms with E-state index in [-0.39, 0.29) is 30.7 Å². The van der Waals surface area contributed by atoms with Crippen molar-refractivity contribution in [1.82, 2.24) is 15.5 Å². The van der Waals surface area contributed by atoms with Gasteiger partial charge in [-0.05, 0) is 37.8 Å². The highest BCUT2D eigenvalue weighted by molar-refractivity contribution is 7.90. The molecule has 1 fully saturated rings.